The fourth-order valence-corrected chi connectivity index (χ4v) is 3.96. The maximum Gasteiger partial charge on any atom is 0.246 e. The monoisotopic (exact) mass is 458 g/mol. The van der Waals surface area contributed by atoms with E-state index >= 15 is 0 Å². The third-order valence-corrected chi connectivity index (χ3v) is 5.74. The van der Waals surface area contributed by atoms with E-state index in [2.05, 4.69) is 20.6 Å². The predicted octanol–water partition coefficient (Wildman–Crippen LogP) is 3.55. The van der Waals surface area contributed by atoms with Crippen molar-refractivity contribution in [2.75, 3.05) is 44.3 Å². The van der Waals surface area contributed by atoms with E-state index in [9.17, 15) is 4.79 Å². The lowest BCUT2D eigenvalue weighted by atomic mass is 10.1. The van der Waals surface area contributed by atoms with Gasteiger partial charge in [-0.05, 0) is 49.2 Å². The van der Waals surface area contributed by atoms with E-state index in [1.165, 1.54) is 6.33 Å². The SMILES string of the molecule is CNC/C=C/C(=O)N1CC[C@H](CNc2ncnc(N)c2-c2ccc(Oc3ccccc3)cc2)C1. The molecule has 4 N–H and O–H groups in total. The van der Waals surface area contributed by atoms with Crippen molar-refractivity contribution in [2.45, 2.75) is 6.42 Å². The molecule has 1 aromatic heterocycles. The minimum absolute atomic E-state index is 0.0579. The lowest BCUT2D eigenvalue weighted by molar-refractivity contribution is -0.125. The molecular weight excluding hydrogens is 428 g/mol. The van der Waals surface area contributed by atoms with Crippen LogP contribution in [0.15, 0.2) is 73.1 Å². The number of nitrogens with zero attached hydrogens (tertiary/aromatic N) is 3. The van der Waals surface area contributed by atoms with Gasteiger partial charge in [-0.3, -0.25) is 4.79 Å². The first-order valence-corrected chi connectivity index (χ1v) is 11.4. The van der Waals surface area contributed by atoms with Crippen LogP contribution in [0.25, 0.3) is 11.1 Å². The Morgan fingerprint density at radius 2 is 1.91 bits per heavy atom. The number of rotatable bonds is 9. The van der Waals surface area contributed by atoms with E-state index in [0.717, 1.165) is 42.1 Å². The highest BCUT2D eigenvalue weighted by Crippen LogP contribution is 2.33. The Balaban J connectivity index is 1.40. The Bertz CT molecular complexity index is 1120. The topological polar surface area (TPSA) is 105 Å². The highest BCUT2D eigenvalue weighted by atomic mass is 16.5. The van der Waals surface area contributed by atoms with Crippen molar-refractivity contribution in [3.05, 3.63) is 73.1 Å². The molecule has 0 radical (unpaired) electrons. The number of benzene rings is 2. The molecule has 1 aliphatic rings. The van der Waals surface area contributed by atoms with Gasteiger partial charge in [0.1, 0.15) is 29.5 Å². The second-order valence-corrected chi connectivity index (χ2v) is 8.20. The molecule has 34 heavy (non-hydrogen) atoms. The number of para-hydroxylation sites is 1. The molecule has 0 aliphatic carbocycles. The summed E-state index contributed by atoms with van der Waals surface area (Å²) in [4.78, 5) is 22.8. The minimum Gasteiger partial charge on any atom is -0.457 e. The smallest absolute Gasteiger partial charge is 0.246 e. The van der Waals surface area contributed by atoms with Gasteiger partial charge in [0.25, 0.3) is 0 Å². The zero-order valence-corrected chi connectivity index (χ0v) is 19.3. The number of carbonyl (C=O) groups is 1. The molecule has 3 aromatic rings. The molecule has 1 amide bonds. The van der Waals surface area contributed by atoms with Crippen LogP contribution in [0.3, 0.4) is 0 Å². The number of nitrogens with two attached hydrogens (primary N) is 1. The van der Waals surface area contributed by atoms with E-state index < -0.39 is 0 Å². The summed E-state index contributed by atoms with van der Waals surface area (Å²) >= 11 is 0. The van der Waals surface area contributed by atoms with Crippen LogP contribution in [0, 0.1) is 5.92 Å². The van der Waals surface area contributed by atoms with Crippen LogP contribution < -0.4 is 21.1 Å². The van der Waals surface area contributed by atoms with Crippen LogP contribution in [0.1, 0.15) is 6.42 Å². The highest BCUT2D eigenvalue weighted by Gasteiger charge is 2.25. The number of likely N-dealkylation sites (tertiary alicyclic amines) is 1. The number of carbonyl (C=O) groups excluding carboxylic acids is 1. The van der Waals surface area contributed by atoms with Crippen molar-refractivity contribution in [2.24, 2.45) is 5.92 Å². The molecule has 2 heterocycles. The zero-order valence-electron chi connectivity index (χ0n) is 19.3. The Hall–Kier alpha value is -3.91. The van der Waals surface area contributed by atoms with Crippen LogP contribution in [-0.4, -0.2) is 54.0 Å². The van der Waals surface area contributed by atoms with Crippen LogP contribution in [0.4, 0.5) is 11.6 Å². The maximum atomic E-state index is 12.3. The summed E-state index contributed by atoms with van der Waals surface area (Å²) in [7, 11) is 1.85. The second-order valence-electron chi connectivity index (χ2n) is 8.20. The summed E-state index contributed by atoms with van der Waals surface area (Å²) in [5.41, 5.74) is 7.89. The molecule has 176 valence electrons. The van der Waals surface area contributed by atoms with Gasteiger partial charge in [0, 0.05) is 32.3 Å². The third-order valence-electron chi connectivity index (χ3n) is 5.74. The number of anilines is 2. The Morgan fingerprint density at radius 1 is 1.15 bits per heavy atom. The molecule has 8 nitrogen and oxygen atoms in total. The van der Waals surface area contributed by atoms with E-state index in [1.807, 2.05) is 72.6 Å². The van der Waals surface area contributed by atoms with Gasteiger partial charge in [0.15, 0.2) is 0 Å². The van der Waals surface area contributed by atoms with E-state index in [0.29, 0.717) is 30.6 Å². The van der Waals surface area contributed by atoms with E-state index in [4.69, 9.17) is 10.5 Å². The number of hydrogen-bond acceptors (Lipinski definition) is 7. The van der Waals surface area contributed by atoms with Crippen LogP contribution in [-0.2, 0) is 4.79 Å². The summed E-state index contributed by atoms with van der Waals surface area (Å²) < 4.78 is 5.89. The van der Waals surface area contributed by atoms with E-state index in [1.54, 1.807) is 6.08 Å². The fourth-order valence-electron chi connectivity index (χ4n) is 3.96. The molecule has 0 bridgehead atoms. The van der Waals surface area contributed by atoms with Gasteiger partial charge < -0.3 is 26.0 Å². The maximum absolute atomic E-state index is 12.3. The molecule has 1 fully saturated rings. The molecular formula is C26H30N6O2. The Labute approximate surface area is 199 Å². The average molecular weight is 459 g/mol. The van der Waals surface area contributed by atoms with Crippen molar-refractivity contribution >= 4 is 17.5 Å². The molecule has 2 aromatic carbocycles. The minimum atomic E-state index is 0.0579. The number of ether oxygens (including phenoxy) is 1. The van der Waals surface area contributed by atoms with Crippen molar-refractivity contribution in [3.63, 3.8) is 0 Å². The Morgan fingerprint density at radius 3 is 2.68 bits per heavy atom. The first kappa shape index (κ1) is 23.3. The van der Waals surface area contributed by atoms with Crippen molar-refractivity contribution in [1.82, 2.24) is 20.2 Å². The van der Waals surface area contributed by atoms with Gasteiger partial charge in [-0.15, -0.1) is 0 Å². The summed E-state index contributed by atoms with van der Waals surface area (Å²) in [6.45, 7) is 2.86. The largest absolute Gasteiger partial charge is 0.457 e. The van der Waals surface area contributed by atoms with Crippen LogP contribution >= 0.6 is 0 Å². The number of nitrogens with one attached hydrogen (secondary N) is 2. The van der Waals surface area contributed by atoms with Gasteiger partial charge >= 0.3 is 0 Å². The number of nitrogen functional groups attached to an aromatic ring is 1. The van der Waals surface area contributed by atoms with Crippen molar-refractivity contribution < 1.29 is 9.53 Å². The van der Waals surface area contributed by atoms with Gasteiger partial charge in [-0.1, -0.05) is 36.4 Å². The van der Waals surface area contributed by atoms with Gasteiger partial charge in [0.2, 0.25) is 5.91 Å². The summed E-state index contributed by atoms with van der Waals surface area (Å²) in [5.74, 6) is 3.01. The average Bonchev–Trinajstić information content (AvgIpc) is 3.33. The zero-order chi connectivity index (χ0) is 23.8. The predicted molar refractivity (Wildman–Crippen MR) is 135 cm³/mol. The summed E-state index contributed by atoms with van der Waals surface area (Å²) in [5, 5.41) is 6.43. The van der Waals surface area contributed by atoms with Crippen molar-refractivity contribution in [1.29, 1.82) is 0 Å². The fraction of sp³-hybridized carbons (Fsp3) is 0.269. The van der Waals surface area contributed by atoms with Crippen LogP contribution in [0.5, 0.6) is 11.5 Å². The lowest BCUT2D eigenvalue weighted by Gasteiger charge is -2.17. The number of aromatic nitrogens is 2. The third kappa shape index (κ3) is 5.90. The van der Waals surface area contributed by atoms with Gasteiger partial charge in [-0.25, -0.2) is 9.97 Å². The summed E-state index contributed by atoms with van der Waals surface area (Å²) in [6.07, 6.45) is 5.89. The number of likely N-dealkylation sites (N-methyl/N-ethyl adjacent to an activating group) is 1. The molecule has 4 rings (SSSR count). The normalized spacial score (nSPS) is 15.6. The number of hydrogen-bond donors (Lipinski definition) is 3. The van der Waals surface area contributed by atoms with Gasteiger partial charge in [0.05, 0.1) is 5.56 Å². The first-order valence-electron chi connectivity index (χ1n) is 11.4. The molecule has 0 unspecified atom stereocenters. The van der Waals surface area contributed by atoms with Gasteiger partial charge in [-0.2, -0.15) is 0 Å². The molecule has 0 saturated carbocycles. The quantitative estimate of drug-likeness (QED) is 0.421. The van der Waals surface area contributed by atoms with Crippen molar-refractivity contribution in [3.8, 4) is 22.6 Å². The second kappa shape index (κ2) is 11.3. The molecule has 1 atom stereocenters. The highest BCUT2D eigenvalue weighted by molar-refractivity contribution is 5.88. The van der Waals surface area contributed by atoms with Crippen LogP contribution in [0.2, 0.25) is 0 Å². The molecule has 0 spiro atoms. The molecule has 8 heteroatoms. The number of amides is 1. The molecule has 1 saturated heterocycles. The lowest BCUT2D eigenvalue weighted by Crippen LogP contribution is -2.28. The Kier molecular flexibility index (Phi) is 7.72. The van der Waals surface area contributed by atoms with E-state index in [-0.39, 0.29) is 5.91 Å². The molecule has 1 aliphatic heterocycles. The summed E-state index contributed by atoms with van der Waals surface area (Å²) in [6, 6.07) is 17.4. The standard InChI is InChI=1S/C26H30N6O2/c1-28-14-5-8-23(33)32-15-13-19(17-32)16-29-26-24(25(27)30-18-31-26)20-9-11-22(12-10-20)34-21-6-3-2-4-7-21/h2-12,18-19,28H,13-17H2,1H3,(H3,27,29,30,31)/b8-5+/t19-/m1/s1. The first-order chi connectivity index (χ1) is 16.6.